The van der Waals surface area contributed by atoms with Gasteiger partial charge in [-0.2, -0.15) is 0 Å². The molecule has 2 heterocycles. The molecule has 1 saturated heterocycles. The van der Waals surface area contributed by atoms with Crippen LogP contribution in [0.2, 0.25) is 5.02 Å². The second-order valence-electron chi connectivity index (χ2n) is 7.11. The summed E-state index contributed by atoms with van der Waals surface area (Å²) in [5, 5.41) is 7.92. The van der Waals surface area contributed by atoms with Crippen molar-refractivity contribution < 1.29 is 4.79 Å². The van der Waals surface area contributed by atoms with Crippen LogP contribution in [0.4, 0.5) is 0 Å². The predicted octanol–water partition coefficient (Wildman–Crippen LogP) is 2.38. The van der Waals surface area contributed by atoms with E-state index in [1.807, 2.05) is 19.1 Å². The topological polar surface area (TPSA) is 66.3 Å². The minimum atomic E-state index is -0.229. The van der Waals surface area contributed by atoms with Crippen LogP contribution in [0.5, 0.6) is 0 Å². The normalized spacial score (nSPS) is 15.7. The molecular formula is C20H29ClN6O. The maximum Gasteiger partial charge on any atom is 0.290 e. The highest BCUT2D eigenvalue weighted by atomic mass is 35.5. The molecule has 1 amide bonds. The zero-order valence-corrected chi connectivity index (χ0v) is 17.5. The van der Waals surface area contributed by atoms with Crippen LogP contribution in [-0.2, 0) is 0 Å². The molecule has 0 aliphatic carbocycles. The minimum absolute atomic E-state index is 0.197. The largest absolute Gasteiger partial charge is 0.349 e. The Hall–Kier alpha value is -1.96. The van der Waals surface area contributed by atoms with Gasteiger partial charge in [-0.25, -0.2) is 9.67 Å². The number of carbonyl (C=O) groups excluding carboxylic acids is 1. The van der Waals surface area contributed by atoms with Gasteiger partial charge in [-0.05, 0) is 57.1 Å². The van der Waals surface area contributed by atoms with Gasteiger partial charge < -0.3 is 15.1 Å². The van der Waals surface area contributed by atoms with Crippen molar-refractivity contribution in [2.45, 2.75) is 26.7 Å². The van der Waals surface area contributed by atoms with Gasteiger partial charge in [0.25, 0.3) is 5.91 Å². The van der Waals surface area contributed by atoms with Crippen LogP contribution in [-0.4, -0.2) is 76.3 Å². The molecule has 1 aliphatic heterocycles. The number of amides is 1. The van der Waals surface area contributed by atoms with Gasteiger partial charge in [-0.3, -0.25) is 4.79 Å². The third-order valence-corrected chi connectivity index (χ3v) is 5.39. The molecule has 28 heavy (non-hydrogen) atoms. The summed E-state index contributed by atoms with van der Waals surface area (Å²) in [7, 11) is 0. The van der Waals surface area contributed by atoms with Gasteiger partial charge in [-0.15, -0.1) is 5.10 Å². The fourth-order valence-electron chi connectivity index (χ4n) is 3.38. The van der Waals surface area contributed by atoms with Crippen molar-refractivity contribution in [3.63, 3.8) is 0 Å². The quantitative estimate of drug-likeness (QED) is 0.684. The number of unbranched alkanes of at least 4 members (excludes halogenated alkanes) is 1. The average Bonchev–Trinajstić information content (AvgIpc) is 3.10. The number of nitrogens with zero attached hydrogens (tertiary/aromatic N) is 5. The van der Waals surface area contributed by atoms with Gasteiger partial charge in [0, 0.05) is 37.7 Å². The summed E-state index contributed by atoms with van der Waals surface area (Å²) in [5.41, 5.74) is 0.830. The molecule has 1 aromatic heterocycles. The van der Waals surface area contributed by atoms with Crippen molar-refractivity contribution in [2.75, 3.05) is 45.8 Å². The molecule has 152 valence electrons. The highest BCUT2D eigenvalue weighted by Crippen LogP contribution is 2.14. The standard InChI is InChI=1S/C20H29ClN6O/c1-3-25-12-14-26(15-13-25)11-5-4-10-22-20(28)19-23-16(2)27(24-19)18-8-6-17(21)7-9-18/h6-9H,3-5,10-15H2,1-2H3,(H,22,28). The third kappa shape index (κ3) is 5.53. The Morgan fingerprint density at radius 1 is 1.11 bits per heavy atom. The highest BCUT2D eigenvalue weighted by molar-refractivity contribution is 6.30. The van der Waals surface area contributed by atoms with E-state index in [9.17, 15) is 4.79 Å². The van der Waals surface area contributed by atoms with Crippen LogP contribution >= 0.6 is 11.6 Å². The molecule has 0 atom stereocenters. The van der Waals surface area contributed by atoms with Gasteiger partial charge in [-0.1, -0.05) is 18.5 Å². The number of nitrogens with one attached hydrogen (secondary N) is 1. The minimum Gasteiger partial charge on any atom is -0.349 e. The Bertz CT molecular complexity index is 768. The summed E-state index contributed by atoms with van der Waals surface area (Å²) < 4.78 is 1.65. The maximum absolute atomic E-state index is 12.3. The summed E-state index contributed by atoms with van der Waals surface area (Å²) in [6.45, 7) is 11.5. The number of rotatable bonds is 8. The smallest absolute Gasteiger partial charge is 0.290 e. The first-order valence-corrected chi connectivity index (χ1v) is 10.4. The van der Waals surface area contributed by atoms with Crippen molar-refractivity contribution in [1.29, 1.82) is 0 Å². The van der Waals surface area contributed by atoms with Crippen molar-refractivity contribution in [1.82, 2.24) is 29.9 Å². The summed E-state index contributed by atoms with van der Waals surface area (Å²) >= 11 is 5.93. The van der Waals surface area contributed by atoms with Crippen LogP contribution in [0.1, 0.15) is 36.2 Å². The lowest BCUT2D eigenvalue weighted by Gasteiger charge is -2.33. The summed E-state index contributed by atoms with van der Waals surface area (Å²) in [5.74, 6) is 0.634. The van der Waals surface area contributed by atoms with Crippen LogP contribution in [0.25, 0.3) is 5.69 Å². The first-order valence-electron chi connectivity index (χ1n) is 9.99. The molecular weight excluding hydrogens is 376 g/mol. The van der Waals surface area contributed by atoms with E-state index in [0.717, 1.165) is 57.8 Å². The fourth-order valence-corrected chi connectivity index (χ4v) is 3.51. The number of benzene rings is 1. The van der Waals surface area contributed by atoms with Crippen molar-refractivity contribution in [3.05, 3.63) is 40.9 Å². The third-order valence-electron chi connectivity index (χ3n) is 5.14. The molecule has 2 aromatic rings. The number of aromatic nitrogens is 3. The number of hydrogen-bond donors (Lipinski definition) is 1. The second kappa shape index (κ2) is 10.0. The zero-order valence-electron chi connectivity index (χ0n) is 16.7. The van der Waals surface area contributed by atoms with E-state index in [4.69, 9.17) is 11.6 Å². The Balaban J connectivity index is 1.41. The number of piperazine rings is 1. The van der Waals surface area contributed by atoms with Crippen molar-refractivity contribution in [2.24, 2.45) is 0 Å². The Labute approximate surface area is 171 Å². The number of likely N-dealkylation sites (N-methyl/N-ethyl adjacent to an activating group) is 1. The Kier molecular flexibility index (Phi) is 7.42. The van der Waals surface area contributed by atoms with Gasteiger partial charge in [0.1, 0.15) is 5.82 Å². The van der Waals surface area contributed by atoms with Crippen molar-refractivity contribution in [3.8, 4) is 5.69 Å². The summed E-state index contributed by atoms with van der Waals surface area (Å²) in [4.78, 5) is 21.6. The van der Waals surface area contributed by atoms with Gasteiger partial charge in [0.2, 0.25) is 5.82 Å². The molecule has 8 heteroatoms. The van der Waals surface area contributed by atoms with Crippen LogP contribution in [0, 0.1) is 6.92 Å². The molecule has 0 unspecified atom stereocenters. The monoisotopic (exact) mass is 404 g/mol. The van der Waals surface area contributed by atoms with E-state index >= 15 is 0 Å². The lowest BCUT2D eigenvalue weighted by molar-refractivity contribution is 0.0941. The fraction of sp³-hybridized carbons (Fsp3) is 0.550. The van der Waals surface area contributed by atoms with Gasteiger partial charge in [0.05, 0.1) is 5.69 Å². The van der Waals surface area contributed by atoms with Crippen LogP contribution in [0.3, 0.4) is 0 Å². The van der Waals surface area contributed by atoms with Crippen molar-refractivity contribution >= 4 is 17.5 Å². The van der Waals surface area contributed by atoms with Crippen LogP contribution in [0.15, 0.2) is 24.3 Å². The molecule has 0 saturated carbocycles. The summed E-state index contributed by atoms with van der Waals surface area (Å²) in [6, 6.07) is 7.29. The first kappa shape index (κ1) is 20.8. The molecule has 1 aromatic carbocycles. The Morgan fingerprint density at radius 2 is 1.79 bits per heavy atom. The van der Waals surface area contributed by atoms with E-state index in [2.05, 4.69) is 32.1 Å². The second-order valence-corrected chi connectivity index (χ2v) is 7.55. The van der Waals surface area contributed by atoms with E-state index in [1.165, 1.54) is 0 Å². The SMILES string of the molecule is CCN1CCN(CCCCNC(=O)c2nc(C)n(-c3ccc(Cl)cc3)n2)CC1. The number of aryl methyl sites for hydroxylation is 1. The molecule has 1 fully saturated rings. The molecule has 0 radical (unpaired) electrons. The molecule has 0 bridgehead atoms. The van der Waals surface area contributed by atoms with E-state index in [1.54, 1.807) is 16.8 Å². The number of hydrogen-bond acceptors (Lipinski definition) is 5. The zero-order chi connectivity index (χ0) is 19.9. The Morgan fingerprint density at radius 3 is 2.46 bits per heavy atom. The maximum atomic E-state index is 12.3. The predicted molar refractivity (Wildman–Crippen MR) is 111 cm³/mol. The molecule has 3 rings (SSSR count). The lowest BCUT2D eigenvalue weighted by Crippen LogP contribution is -2.46. The lowest BCUT2D eigenvalue weighted by atomic mass is 10.2. The van der Waals surface area contributed by atoms with Crippen LogP contribution < -0.4 is 5.32 Å². The molecule has 7 nitrogen and oxygen atoms in total. The number of carbonyl (C=O) groups is 1. The van der Waals surface area contributed by atoms with Gasteiger partial charge in [0.15, 0.2) is 0 Å². The first-order chi connectivity index (χ1) is 13.6. The van der Waals surface area contributed by atoms with Gasteiger partial charge >= 0.3 is 0 Å². The molecule has 1 aliphatic rings. The highest BCUT2D eigenvalue weighted by Gasteiger charge is 2.16. The molecule has 1 N–H and O–H groups in total. The number of halogens is 1. The summed E-state index contributed by atoms with van der Waals surface area (Å²) in [6.07, 6.45) is 2.04. The van der Waals surface area contributed by atoms with E-state index in [0.29, 0.717) is 17.4 Å². The molecule has 0 spiro atoms. The van der Waals surface area contributed by atoms with E-state index < -0.39 is 0 Å². The van der Waals surface area contributed by atoms with E-state index in [-0.39, 0.29) is 11.7 Å². The average molecular weight is 405 g/mol.